The van der Waals surface area contributed by atoms with Crippen molar-refractivity contribution in [2.45, 2.75) is 19.8 Å². The van der Waals surface area contributed by atoms with Crippen molar-refractivity contribution < 1.29 is 4.74 Å². The lowest BCUT2D eigenvalue weighted by Gasteiger charge is -2.06. The monoisotopic (exact) mass is 268 g/mol. The fraction of sp³-hybridized carbons (Fsp3) is 0.429. The number of rotatable bonds is 7. The third-order valence-corrected chi connectivity index (χ3v) is 2.79. The number of hydrogen-bond acceptors (Lipinski definition) is 2. The van der Waals surface area contributed by atoms with Gasteiger partial charge in [-0.1, -0.05) is 25.5 Å². The van der Waals surface area contributed by atoms with Crippen molar-refractivity contribution in [3.05, 3.63) is 30.5 Å². The van der Waals surface area contributed by atoms with Gasteiger partial charge in [0, 0.05) is 23.6 Å². The first-order valence-electron chi connectivity index (χ1n) is 6.31. The number of para-hydroxylation sites is 1. The highest BCUT2D eigenvalue weighted by Gasteiger charge is 2.02. The number of nitrogens with one attached hydrogen (secondary N) is 2. The molecule has 2 aromatic rings. The summed E-state index contributed by atoms with van der Waals surface area (Å²) in [5.74, 6) is 0.942. The molecular weight excluding hydrogens is 248 g/mol. The molecule has 3 nitrogen and oxygen atoms in total. The van der Waals surface area contributed by atoms with E-state index in [0.29, 0.717) is 6.61 Å². The molecule has 0 aliphatic carbocycles. The Kier molecular flexibility index (Phi) is 6.61. The van der Waals surface area contributed by atoms with Gasteiger partial charge in [0.2, 0.25) is 0 Å². The molecule has 0 aliphatic heterocycles. The van der Waals surface area contributed by atoms with Crippen molar-refractivity contribution in [2.24, 2.45) is 0 Å². The van der Waals surface area contributed by atoms with Gasteiger partial charge >= 0.3 is 0 Å². The van der Waals surface area contributed by atoms with Crippen LogP contribution < -0.4 is 10.1 Å². The quantitative estimate of drug-likeness (QED) is 0.756. The minimum absolute atomic E-state index is 0. The minimum Gasteiger partial charge on any atom is -0.490 e. The van der Waals surface area contributed by atoms with E-state index in [0.717, 1.165) is 29.7 Å². The number of halogens is 1. The van der Waals surface area contributed by atoms with Crippen LogP contribution in [0.15, 0.2) is 30.5 Å². The SMILES string of the molecule is CCCCNCCOc1c[nH]c2ccccc12.Cl. The Morgan fingerprint density at radius 3 is 2.89 bits per heavy atom. The Morgan fingerprint density at radius 1 is 1.22 bits per heavy atom. The summed E-state index contributed by atoms with van der Waals surface area (Å²) in [7, 11) is 0. The molecular formula is C14H21ClN2O. The molecule has 100 valence electrons. The zero-order valence-corrected chi connectivity index (χ0v) is 11.6. The van der Waals surface area contributed by atoms with Crippen molar-refractivity contribution in [3.8, 4) is 5.75 Å². The van der Waals surface area contributed by atoms with E-state index in [9.17, 15) is 0 Å². The summed E-state index contributed by atoms with van der Waals surface area (Å²) in [6, 6.07) is 8.19. The van der Waals surface area contributed by atoms with Crippen LogP contribution in [-0.4, -0.2) is 24.7 Å². The Labute approximate surface area is 114 Å². The van der Waals surface area contributed by atoms with Crippen LogP contribution in [0.1, 0.15) is 19.8 Å². The van der Waals surface area contributed by atoms with Crippen LogP contribution in [-0.2, 0) is 0 Å². The molecule has 0 fully saturated rings. The van der Waals surface area contributed by atoms with Gasteiger partial charge in [0.1, 0.15) is 12.4 Å². The van der Waals surface area contributed by atoms with E-state index in [4.69, 9.17) is 4.74 Å². The first kappa shape index (κ1) is 14.9. The Balaban J connectivity index is 0.00000162. The van der Waals surface area contributed by atoms with Gasteiger partial charge < -0.3 is 15.0 Å². The zero-order valence-electron chi connectivity index (χ0n) is 10.7. The molecule has 2 N–H and O–H groups in total. The molecule has 0 unspecified atom stereocenters. The zero-order chi connectivity index (χ0) is 11.9. The summed E-state index contributed by atoms with van der Waals surface area (Å²) in [4.78, 5) is 3.20. The second-order valence-electron chi connectivity index (χ2n) is 4.15. The van der Waals surface area contributed by atoms with Crippen molar-refractivity contribution >= 4 is 23.3 Å². The van der Waals surface area contributed by atoms with Gasteiger partial charge in [-0.05, 0) is 25.1 Å². The number of aromatic nitrogens is 1. The van der Waals surface area contributed by atoms with Crippen LogP contribution in [0.3, 0.4) is 0 Å². The normalized spacial score (nSPS) is 10.3. The van der Waals surface area contributed by atoms with Crippen molar-refractivity contribution in [3.63, 3.8) is 0 Å². The summed E-state index contributed by atoms with van der Waals surface area (Å²) < 4.78 is 5.75. The molecule has 0 radical (unpaired) electrons. The van der Waals surface area contributed by atoms with Gasteiger partial charge in [-0.2, -0.15) is 0 Å². The maximum absolute atomic E-state index is 5.75. The van der Waals surface area contributed by atoms with E-state index < -0.39 is 0 Å². The van der Waals surface area contributed by atoms with Crippen molar-refractivity contribution in [2.75, 3.05) is 19.7 Å². The van der Waals surface area contributed by atoms with Gasteiger partial charge in [0.05, 0.1) is 0 Å². The van der Waals surface area contributed by atoms with E-state index in [2.05, 4.69) is 29.4 Å². The Bertz CT molecular complexity index is 456. The van der Waals surface area contributed by atoms with E-state index in [-0.39, 0.29) is 12.4 Å². The van der Waals surface area contributed by atoms with E-state index >= 15 is 0 Å². The molecule has 4 heteroatoms. The fourth-order valence-electron chi connectivity index (χ4n) is 1.82. The summed E-state index contributed by atoms with van der Waals surface area (Å²) in [5.41, 5.74) is 1.13. The molecule has 1 heterocycles. The number of hydrogen-bond donors (Lipinski definition) is 2. The molecule has 0 amide bonds. The number of H-pyrrole nitrogens is 1. The molecule has 1 aromatic carbocycles. The molecule has 0 aliphatic rings. The molecule has 0 bridgehead atoms. The van der Waals surface area contributed by atoms with E-state index in [1.807, 2.05) is 18.3 Å². The van der Waals surface area contributed by atoms with Crippen molar-refractivity contribution in [1.29, 1.82) is 0 Å². The average molecular weight is 269 g/mol. The van der Waals surface area contributed by atoms with Crippen LogP contribution in [0, 0.1) is 0 Å². The summed E-state index contributed by atoms with van der Waals surface area (Å²) in [6.45, 7) is 4.89. The first-order chi connectivity index (χ1) is 8.42. The molecule has 0 saturated carbocycles. The highest BCUT2D eigenvalue weighted by Crippen LogP contribution is 2.24. The fourth-order valence-corrected chi connectivity index (χ4v) is 1.82. The second-order valence-corrected chi connectivity index (χ2v) is 4.15. The van der Waals surface area contributed by atoms with Crippen LogP contribution in [0.4, 0.5) is 0 Å². The smallest absolute Gasteiger partial charge is 0.144 e. The lowest BCUT2D eigenvalue weighted by Crippen LogP contribution is -2.21. The standard InChI is InChI=1S/C14H20N2O.ClH/c1-2-3-8-15-9-10-17-14-11-16-13-7-5-4-6-12(13)14;/h4-7,11,15-16H,2-3,8-10H2,1H3;1H. The van der Waals surface area contributed by atoms with Gasteiger partial charge in [-0.25, -0.2) is 0 Å². The molecule has 0 saturated heterocycles. The summed E-state index contributed by atoms with van der Waals surface area (Å²) in [5, 5.41) is 4.52. The van der Waals surface area contributed by atoms with E-state index in [1.165, 1.54) is 12.8 Å². The number of unbranched alkanes of at least 4 members (excludes halogenated alkanes) is 1. The predicted octanol–water partition coefficient (Wildman–Crippen LogP) is 3.36. The predicted molar refractivity (Wildman–Crippen MR) is 78.8 cm³/mol. The molecule has 1 aromatic heterocycles. The van der Waals surface area contributed by atoms with Crippen LogP contribution >= 0.6 is 12.4 Å². The topological polar surface area (TPSA) is 37.0 Å². The van der Waals surface area contributed by atoms with Gasteiger partial charge in [0.25, 0.3) is 0 Å². The molecule has 18 heavy (non-hydrogen) atoms. The average Bonchev–Trinajstić information content (AvgIpc) is 2.77. The second kappa shape index (κ2) is 8.01. The van der Waals surface area contributed by atoms with Crippen LogP contribution in [0.5, 0.6) is 5.75 Å². The van der Waals surface area contributed by atoms with Gasteiger partial charge in [-0.15, -0.1) is 12.4 Å². The minimum atomic E-state index is 0. The first-order valence-corrected chi connectivity index (χ1v) is 6.31. The maximum Gasteiger partial charge on any atom is 0.144 e. The highest BCUT2D eigenvalue weighted by atomic mass is 35.5. The van der Waals surface area contributed by atoms with Crippen LogP contribution in [0.25, 0.3) is 10.9 Å². The highest BCUT2D eigenvalue weighted by molar-refractivity contribution is 5.86. The van der Waals surface area contributed by atoms with Gasteiger partial charge in [0.15, 0.2) is 0 Å². The molecule has 0 atom stereocenters. The Morgan fingerprint density at radius 2 is 2.06 bits per heavy atom. The maximum atomic E-state index is 5.75. The molecule has 0 spiro atoms. The number of benzene rings is 1. The summed E-state index contributed by atoms with van der Waals surface area (Å²) >= 11 is 0. The Hall–Kier alpha value is -1.19. The lowest BCUT2D eigenvalue weighted by atomic mass is 10.2. The number of fused-ring (bicyclic) bond motifs is 1. The lowest BCUT2D eigenvalue weighted by molar-refractivity contribution is 0.317. The van der Waals surface area contributed by atoms with E-state index in [1.54, 1.807) is 0 Å². The van der Waals surface area contributed by atoms with Crippen LogP contribution in [0.2, 0.25) is 0 Å². The van der Waals surface area contributed by atoms with Gasteiger partial charge in [-0.3, -0.25) is 0 Å². The third-order valence-electron chi connectivity index (χ3n) is 2.79. The third kappa shape index (κ3) is 3.93. The number of ether oxygens (including phenoxy) is 1. The molecule has 2 rings (SSSR count). The summed E-state index contributed by atoms with van der Waals surface area (Å²) in [6.07, 6.45) is 4.39. The largest absolute Gasteiger partial charge is 0.490 e. The van der Waals surface area contributed by atoms with Crippen molar-refractivity contribution in [1.82, 2.24) is 10.3 Å². The number of aromatic amines is 1.